The smallest absolute Gasteiger partial charge is 0.386 e. The molecule has 1 aliphatic rings. The second-order valence-corrected chi connectivity index (χ2v) is 3.92. The minimum absolute atomic E-state index is 0.0348. The van der Waals surface area contributed by atoms with Crippen LogP contribution in [0.2, 0.25) is 6.32 Å². The third kappa shape index (κ3) is 2.07. The Kier molecular flexibility index (Phi) is 2.40. The highest BCUT2D eigenvalue weighted by molar-refractivity contribution is 6.47. The molecule has 0 aromatic rings. The summed E-state index contributed by atoms with van der Waals surface area (Å²) in [4.78, 5) is 0. The lowest BCUT2D eigenvalue weighted by Crippen LogP contribution is -2.51. The Morgan fingerprint density at radius 3 is 2.36 bits per heavy atom. The Bertz CT molecular complexity index is 145. The highest BCUT2D eigenvalue weighted by atomic mass is 16.8. The van der Waals surface area contributed by atoms with Crippen molar-refractivity contribution in [2.75, 3.05) is 0 Å². The topological polar surface area (TPSA) is 18.5 Å². The standard InChI is InChI=1S/C8H15BO2/c1-5-6-9-10-7(11-9)8(2,3)4/h5,7H,1,6H2,2-4H3. The minimum atomic E-state index is -0.0447. The summed E-state index contributed by atoms with van der Waals surface area (Å²) < 4.78 is 10.9. The zero-order valence-electron chi connectivity index (χ0n) is 7.46. The fourth-order valence-corrected chi connectivity index (χ4v) is 0.941. The van der Waals surface area contributed by atoms with Gasteiger partial charge in [-0.05, 0) is 0 Å². The third-order valence-electron chi connectivity index (χ3n) is 1.62. The number of hydrogen-bond acceptors (Lipinski definition) is 2. The molecule has 1 fully saturated rings. The second kappa shape index (κ2) is 2.99. The van der Waals surface area contributed by atoms with Crippen LogP contribution in [-0.2, 0) is 9.31 Å². The van der Waals surface area contributed by atoms with Crippen molar-refractivity contribution in [3.63, 3.8) is 0 Å². The van der Waals surface area contributed by atoms with Crippen LogP contribution < -0.4 is 0 Å². The molecule has 62 valence electrons. The Balaban J connectivity index is 2.24. The Morgan fingerprint density at radius 1 is 1.45 bits per heavy atom. The van der Waals surface area contributed by atoms with Crippen molar-refractivity contribution < 1.29 is 9.31 Å². The van der Waals surface area contributed by atoms with E-state index in [9.17, 15) is 0 Å². The minimum Gasteiger partial charge on any atom is -0.386 e. The number of rotatable bonds is 2. The Labute approximate surface area is 68.7 Å². The molecule has 3 heteroatoms. The first-order valence-electron chi connectivity index (χ1n) is 3.96. The van der Waals surface area contributed by atoms with E-state index in [1.54, 1.807) is 0 Å². The Hall–Kier alpha value is -0.275. The van der Waals surface area contributed by atoms with Gasteiger partial charge >= 0.3 is 7.12 Å². The van der Waals surface area contributed by atoms with Crippen LogP contribution in [0.15, 0.2) is 12.7 Å². The molecular formula is C8H15BO2. The van der Waals surface area contributed by atoms with Gasteiger partial charge in [-0.25, -0.2) is 0 Å². The molecule has 0 N–H and O–H groups in total. The molecule has 0 aromatic carbocycles. The summed E-state index contributed by atoms with van der Waals surface area (Å²) >= 11 is 0. The molecule has 0 atom stereocenters. The van der Waals surface area contributed by atoms with Crippen LogP contribution in [0.3, 0.4) is 0 Å². The fourth-order valence-electron chi connectivity index (χ4n) is 0.941. The number of allylic oxidation sites excluding steroid dienone is 1. The van der Waals surface area contributed by atoms with E-state index in [0.717, 1.165) is 6.32 Å². The molecule has 0 aromatic heterocycles. The van der Waals surface area contributed by atoms with Crippen molar-refractivity contribution >= 4 is 7.12 Å². The van der Waals surface area contributed by atoms with Gasteiger partial charge in [-0.1, -0.05) is 26.8 Å². The van der Waals surface area contributed by atoms with Crippen LogP contribution in [0.1, 0.15) is 20.8 Å². The van der Waals surface area contributed by atoms with E-state index in [2.05, 4.69) is 27.4 Å². The van der Waals surface area contributed by atoms with Crippen molar-refractivity contribution in [2.24, 2.45) is 5.41 Å². The van der Waals surface area contributed by atoms with E-state index in [4.69, 9.17) is 9.31 Å². The average Bonchev–Trinajstić information content (AvgIpc) is 1.74. The summed E-state index contributed by atoms with van der Waals surface area (Å²) in [5.41, 5.74) is 0.0949. The van der Waals surface area contributed by atoms with E-state index in [1.165, 1.54) is 0 Å². The summed E-state index contributed by atoms with van der Waals surface area (Å²) in [6.45, 7) is 9.91. The molecule has 0 bridgehead atoms. The van der Waals surface area contributed by atoms with Crippen molar-refractivity contribution in [3.8, 4) is 0 Å². The molecule has 1 aliphatic heterocycles. The largest absolute Gasteiger partial charge is 0.464 e. The van der Waals surface area contributed by atoms with Gasteiger partial charge in [-0.2, -0.15) is 0 Å². The van der Waals surface area contributed by atoms with Gasteiger partial charge in [0.25, 0.3) is 0 Å². The van der Waals surface area contributed by atoms with Crippen LogP contribution in [0, 0.1) is 5.41 Å². The van der Waals surface area contributed by atoms with Gasteiger partial charge < -0.3 is 9.31 Å². The molecule has 0 spiro atoms. The van der Waals surface area contributed by atoms with Gasteiger partial charge in [0.2, 0.25) is 0 Å². The van der Waals surface area contributed by atoms with Crippen LogP contribution >= 0.6 is 0 Å². The first-order chi connectivity index (χ1) is 5.04. The van der Waals surface area contributed by atoms with Crippen LogP contribution in [0.25, 0.3) is 0 Å². The van der Waals surface area contributed by atoms with Crippen LogP contribution in [-0.4, -0.2) is 13.4 Å². The first-order valence-corrected chi connectivity index (χ1v) is 3.96. The zero-order chi connectivity index (χ0) is 8.48. The lowest BCUT2D eigenvalue weighted by molar-refractivity contribution is -0.172. The quantitative estimate of drug-likeness (QED) is 0.447. The van der Waals surface area contributed by atoms with Crippen LogP contribution in [0.4, 0.5) is 0 Å². The van der Waals surface area contributed by atoms with Gasteiger partial charge in [0, 0.05) is 11.7 Å². The summed E-state index contributed by atoms with van der Waals surface area (Å²) in [5.74, 6) is 0. The van der Waals surface area contributed by atoms with E-state index in [0.29, 0.717) is 0 Å². The molecule has 1 heterocycles. The molecule has 0 aliphatic carbocycles. The van der Waals surface area contributed by atoms with Gasteiger partial charge in [0.1, 0.15) is 6.29 Å². The van der Waals surface area contributed by atoms with Gasteiger partial charge in [0.05, 0.1) is 0 Å². The number of hydrogen-bond donors (Lipinski definition) is 0. The van der Waals surface area contributed by atoms with Gasteiger partial charge in [-0.15, -0.1) is 6.58 Å². The molecule has 0 amide bonds. The first kappa shape index (κ1) is 8.82. The summed E-state index contributed by atoms with van der Waals surface area (Å²) in [5, 5.41) is 0. The Morgan fingerprint density at radius 2 is 2.00 bits per heavy atom. The molecule has 0 saturated carbocycles. The fraction of sp³-hybridized carbons (Fsp3) is 0.750. The molecule has 0 unspecified atom stereocenters. The molecule has 1 rings (SSSR count). The molecule has 1 saturated heterocycles. The third-order valence-corrected chi connectivity index (χ3v) is 1.62. The lowest BCUT2D eigenvalue weighted by Gasteiger charge is -2.41. The SMILES string of the molecule is C=CCB1OC(C(C)(C)C)O1. The maximum absolute atomic E-state index is 5.45. The normalized spacial score (nSPS) is 19.7. The summed E-state index contributed by atoms with van der Waals surface area (Å²) in [6.07, 6.45) is 2.56. The van der Waals surface area contributed by atoms with Crippen molar-refractivity contribution in [1.82, 2.24) is 0 Å². The predicted molar refractivity (Wildman–Crippen MR) is 46.2 cm³/mol. The van der Waals surface area contributed by atoms with Gasteiger partial charge in [-0.3, -0.25) is 0 Å². The maximum Gasteiger partial charge on any atom is 0.464 e. The highest BCUT2D eigenvalue weighted by Crippen LogP contribution is 2.31. The van der Waals surface area contributed by atoms with Crippen LogP contribution in [0.5, 0.6) is 0 Å². The van der Waals surface area contributed by atoms with E-state index in [1.807, 2.05) is 6.08 Å². The van der Waals surface area contributed by atoms with Gasteiger partial charge in [0.15, 0.2) is 0 Å². The molecule has 2 nitrogen and oxygen atoms in total. The highest BCUT2D eigenvalue weighted by Gasteiger charge is 2.41. The molecule has 11 heavy (non-hydrogen) atoms. The summed E-state index contributed by atoms with van der Waals surface area (Å²) in [6, 6.07) is 0. The maximum atomic E-state index is 5.45. The van der Waals surface area contributed by atoms with Crippen molar-refractivity contribution in [2.45, 2.75) is 33.4 Å². The average molecular weight is 154 g/mol. The van der Waals surface area contributed by atoms with E-state index in [-0.39, 0.29) is 18.8 Å². The zero-order valence-corrected chi connectivity index (χ0v) is 7.46. The van der Waals surface area contributed by atoms with Crippen molar-refractivity contribution in [1.29, 1.82) is 0 Å². The molecule has 0 radical (unpaired) electrons. The predicted octanol–water partition coefficient (Wildman–Crippen LogP) is 2.08. The molecular weight excluding hydrogens is 139 g/mol. The van der Waals surface area contributed by atoms with E-state index >= 15 is 0 Å². The monoisotopic (exact) mass is 154 g/mol. The second-order valence-electron chi connectivity index (χ2n) is 3.92. The lowest BCUT2D eigenvalue weighted by atomic mass is 9.78. The summed E-state index contributed by atoms with van der Waals surface area (Å²) in [7, 11) is -0.0447. The van der Waals surface area contributed by atoms with Crippen molar-refractivity contribution in [3.05, 3.63) is 12.7 Å². The van der Waals surface area contributed by atoms with E-state index < -0.39 is 0 Å².